The van der Waals surface area contributed by atoms with E-state index in [2.05, 4.69) is 94.8 Å². The average molecular weight is 444 g/mol. The Morgan fingerprint density at radius 3 is 2.35 bits per heavy atom. The van der Waals surface area contributed by atoms with E-state index in [1.54, 1.807) is 0 Å². The van der Waals surface area contributed by atoms with Crippen LogP contribution in [-0.2, 0) is 6.42 Å². The molecule has 0 aliphatic carbocycles. The van der Waals surface area contributed by atoms with Crippen LogP contribution >= 0.6 is 38.5 Å². The predicted molar refractivity (Wildman–Crippen MR) is 97.9 cm³/mol. The molecule has 1 nitrogen and oxygen atoms in total. The predicted octanol–water partition coefficient (Wildman–Crippen LogP) is 5.30. The Morgan fingerprint density at radius 2 is 1.75 bits per heavy atom. The van der Waals surface area contributed by atoms with E-state index in [0.29, 0.717) is 5.92 Å². The molecule has 0 aromatic heterocycles. The van der Waals surface area contributed by atoms with Gasteiger partial charge in [0, 0.05) is 8.04 Å². The van der Waals surface area contributed by atoms with E-state index in [1.165, 1.54) is 9.13 Å². The molecule has 0 radical (unpaired) electrons. The van der Waals surface area contributed by atoms with Gasteiger partial charge in [-0.15, -0.1) is 0 Å². The third-order valence-electron chi connectivity index (χ3n) is 3.28. The van der Waals surface area contributed by atoms with Gasteiger partial charge in [0.2, 0.25) is 0 Å². The Labute approximate surface area is 143 Å². The van der Waals surface area contributed by atoms with Crippen molar-refractivity contribution in [3.05, 3.63) is 67.2 Å². The molecule has 3 heteroatoms. The summed E-state index contributed by atoms with van der Waals surface area (Å²) in [5, 5.41) is 0. The number of benzene rings is 2. The molecule has 0 fully saturated rings. The van der Waals surface area contributed by atoms with Gasteiger partial charge in [-0.1, -0.05) is 54.0 Å². The van der Waals surface area contributed by atoms with Gasteiger partial charge in [-0.05, 0) is 69.8 Å². The van der Waals surface area contributed by atoms with Gasteiger partial charge < -0.3 is 5.73 Å². The average Bonchev–Trinajstić information content (AvgIpc) is 2.41. The summed E-state index contributed by atoms with van der Waals surface area (Å²) in [4.78, 5) is 0. The highest BCUT2D eigenvalue weighted by Gasteiger charge is 2.12. The quantitative estimate of drug-likeness (QED) is 0.637. The molecule has 2 rings (SSSR count). The minimum absolute atomic E-state index is 0.0906. The van der Waals surface area contributed by atoms with Crippen LogP contribution in [-0.4, -0.2) is 0 Å². The van der Waals surface area contributed by atoms with E-state index in [-0.39, 0.29) is 6.04 Å². The van der Waals surface area contributed by atoms with Crippen LogP contribution in [0.25, 0.3) is 0 Å². The summed E-state index contributed by atoms with van der Waals surface area (Å²) in [5.41, 5.74) is 10.1. The highest BCUT2D eigenvalue weighted by Crippen LogP contribution is 2.28. The van der Waals surface area contributed by atoms with E-state index in [9.17, 15) is 0 Å². The fourth-order valence-electron chi connectivity index (χ4n) is 2.26. The second-order valence-electron chi connectivity index (χ2n) is 5.48. The Balaban J connectivity index is 2.24. The maximum Gasteiger partial charge on any atom is 0.0563 e. The SMILES string of the molecule is CC(C)Cc1ccc(C(N)c2cc(I)ccc2Br)cc1. The molecule has 2 aromatic carbocycles. The largest absolute Gasteiger partial charge is 0.320 e. The van der Waals surface area contributed by atoms with E-state index in [0.717, 1.165) is 22.0 Å². The van der Waals surface area contributed by atoms with Crippen molar-refractivity contribution in [3.8, 4) is 0 Å². The first-order valence-corrected chi connectivity index (χ1v) is 8.64. The number of halogens is 2. The van der Waals surface area contributed by atoms with Crippen molar-refractivity contribution in [2.75, 3.05) is 0 Å². The third-order valence-corrected chi connectivity index (χ3v) is 4.67. The van der Waals surface area contributed by atoms with Crippen LogP contribution < -0.4 is 5.73 Å². The molecule has 0 heterocycles. The Bertz CT molecular complexity index is 578. The van der Waals surface area contributed by atoms with Gasteiger partial charge in [-0.3, -0.25) is 0 Å². The summed E-state index contributed by atoms with van der Waals surface area (Å²) < 4.78 is 2.27. The maximum atomic E-state index is 6.40. The Kier molecular flexibility index (Phi) is 5.64. The van der Waals surface area contributed by atoms with Crippen molar-refractivity contribution < 1.29 is 0 Å². The smallest absolute Gasteiger partial charge is 0.0563 e. The van der Waals surface area contributed by atoms with Gasteiger partial charge in [-0.25, -0.2) is 0 Å². The zero-order chi connectivity index (χ0) is 14.7. The molecule has 0 amide bonds. The van der Waals surface area contributed by atoms with Crippen LogP contribution in [0, 0.1) is 9.49 Å². The van der Waals surface area contributed by atoms with Gasteiger partial charge in [0.15, 0.2) is 0 Å². The summed E-state index contributed by atoms with van der Waals surface area (Å²) in [6, 6.07) is 14.9. The first kappa shape index (κ1) is 16.0. The topological polar surface area (TPSA) is 26.0 Å². The summed E-state index contributed by atoms with van der Waals surface area (Å²) in [6.45, 7) is 4.48. The zero-order valence-electron chi connectivity index (χ0n) is 11.7. The van der Waals surface area contributed by atoms with Gasteiger partial charge in [0.05, 0.1) is 6.04 Å². The van der Waals surface area contributed by atoms with E-state index in [4.69, 9.17) is 5.73 Å². The molecular formula is C17H19BrIN. The molecule has 1 unspecified atom stereocenters. The lowest BCUT2D eigenvalue weighted by Crippen LogP contribution is -2.12. The molecule has 0 bridgehead atoms. The van der Waals surface area contributed by atoms with Crippen molar-refractivity contribution in [1.82, 2.24) is 0 Å². The lowest BCUT2D eigenvalue weighted by Gasteiger charge is -2.16. The van der Waals surface area contributed by atoms with Crippen LogP contribution in [0.5, 0.6) is 0 Å². The van der Waals surface area contributed by atoms with Crippen molar-refractivity contribution in [1.29, 1.82) is 0 Å². The van der Waals surface area contributed by atoms with Crippen LogP contribution in [0.15, 0.2) is 46.9 Å². The molecule has 0 spiro atoms. The third kappa shape index (κ3) is 4.06. The van der Waals surface area contributed by atoms with E-state index in [1.807, 2.05) is 0 Å². The molecule has 0 aliphatic heterocycles. The van der Waals surface area contributed by atoms with Gasteiger partial charge >= 0.3 is 0 Å². The van der Waals surface area contributed by atoms with Gasteiger partial charge in [0.25, 0.3) is 0 Å². The van der Waals surface area contributed by atoms with Crippen LogP contribution in [0.2, 0.25) is 0 Å². The lowest BCUT2D eigenvalue weighted by molar-refractivity contribution is 0.647. The van der Waals surface area contributed by atoms with E-state index >= 15 is 0 Å². The number of nitrogens with two attached hydrogens (primary N) is 1. The molecule has 2 N–H and O–H groups in total. The van der Waals surface area contributed by atoms with Crippen LogP contribution in [0.3, 0.4) is 0 Å². The second-order valence-corrected chi connectivity index (χ2v) is 7.58. The first-order valence-electron chi connectivity index (χ1n) is 6.76. The summed E-state index contributed by atoms with van der Waals surface area (Å²) >= 11 is 5.91. The molecule has 0 saturated heterocycles. The highest BCUT2D eigenvalue weighted by molar-refractivity contribution is 14.1. The molecule has 106 valence electrons. The van der Waals surface area contributed by atoms with Gasteiger partial charge in [0.1, 0.15) is 0 Å². The number of hydrogen-bond acceptors (Lipinski definition) is 1. The fraction of sp³-hybridized carbons (Fsp3) is 0.294. The summed E-state index contributed by atoms with van der Waals surface area (Å²) in [6.07, 6.45) is 1.11. The lowest BCUT2D eigenvalue weighted by atomic mass is 9.96. The number of rotatable bonds is 4. The maximum absolute atomic E-state index is 6.40. The normalized spacial score (nSPS) is 12.7. The highest BCUT2D eigenvalue weighted by atomic mass is 127. The first-order chi connectivity index (χ1) is 9.47. The van der Waals surface area contributed by atoms with Crippen molar-refractivity contribution >= 4 is 38.5 Å². The van der Waals surface area contributed by atoms with Gasteiger partial charge in [-0.2, -0.15) is 0 Å². The van der Waals surface area contributed by atoms with Crippen molar-refractivity contribution in [2.45, 2.75) is 26.3 Å². The molecule has 20 heavy (non-hydrogen) atoms. The van der Waals surface area contributed by atoms with Crippen LogP contribution in [0.4, 0.5) is 0 Å². The molecule has 1 atom stereocenters. The standard InChI is InChI=1S/C17H19BrIN/c1-11(2)9-12-3-5-13(6-4-12)17(20)15-10-14(19)7-8-16(15)18/h3-8,10-11,17H,9,20H2,1-2H3. The Hall–Kier alpha value is -0.390. The molecule has 0 aliphatic rings. The molecule has 0 saturated carbocycles. The monoisotopic (exact) mass is 443 g/mol. The van der Waals surface area contributed by atoms with E-state index < -0.39 is 0 Å². The summed E-state index contributed by atoms with van der Waals surface area (Å²) in [5.74, 6) is 0.680. The fourth-order valence-corrected chi connectivity index (χ4v) is 3.27. The van der Waals surface area contributed by atoms with Crippen molar-refractivity contribution in [2.24, 2.45) is 11.7 Å². The van der Waals surface area contributed by atoms with Crippen LogP contribution in [0.1, 0.15) is 36.6 Å². The number of hydrogen-bond donors (Lipinski definition) is 1. The second kappa shape index (κ2) is 7.05. The summed E-state index contributed by atoms with van der Waals surface area (Å²) in [7, 11) is 0. The minimum atomic E-state index is -0.0906. The zero-order valence-corrected chi connectivity index (χ0v) is 15.5. The van der Waals surface area contributed by atoms with Crippen molar-refractivity contribution in [3.63, 3.8) is 0 Å². The molecule has 2 aromatic rings. The molecular weight excluding hydrogens is 425 g/mol. The Morgan fingerprint density at radius 1 is 1.10 bits per heavy atom. The minimum Gasteiger partial charge on any atom is -0.320 e.